The highest BCUT2D eigenvalue weighted by atomic mass is 16.3. The highest BCUT2D eigenvalue weighted by Gasteiger charge is 2.24. The van der Waals surface area contributed by atoms with Gasteiger partial charge in [0.1, 0.15) is 5.82 Å². The molecule has 0 amide bonds. The average Bonchev–Trinajstić information content (AvgIpc) is 2.96. The number of hydrogen-bond donors (Lipinski definition) is 2. The summed E-state index contributed by atoms with van der Waals surface area (Å²) >= 11 is 0. The molecule has 1 fully saturated rings. The summed E-state index contributed by atoms with van der Waals surface area (Å²) in [6, 6.07) is 2.20. The molecule has 1 unspecified atom stereocenters. The number of rotatable bonds is 2. The van der Waals surface area contributed by atoms with Crippen LogP contribution in [0.25, 0.3) is 0 Å². The minimum absolute atomic E-state index is 0.241. The van der Waals surface area contributed by atoms with Crippen molar-refractivity contribution in [1.82, 2.24) is 9.78 Å². The molecule has 1 aliphatic carbocycles. The van der Waals surface area contributed by atoms with E-state index < -0.39 is 0 Å². The zero-order valence-electron chi connectivity index (χ0n) is 9.52. The van der Waals surface area contributed by atoms with Crippen LogP contribution in [0.3, 0.4) is 0 Å². The van der Waals surface area contributed by atoms with Crippen LogP contribution in [0.2, 0.25) is 0 Å². The number of aliphatic hydroxyl groups is 1. The largest absolute Gasteiger partial charge is 0.396 e. The van der Waals surface area contributed by atoms with Gasteiger partial charge < -0.3 is 10.4 Å². The van der Waals surface area contributed by atoms with E-state index in [1.165, 1.54) is 31.4 Å². The third-order valence-corrected chi connectivity index (χ3v) is 3.83. The predicted molar refractivity (Wildman–Crippen MR) is 62.5 cm³/mol. The molecule has 0 bridgehead atoms. The molecule has 2 heterocycles. The summed E-state index contributed by atoms with van der Waals surface area (Å²) in [5.74, 6) is 2.11. The molecule has 4 heteroatoms. The average molecular weight is 221 g/mol. The zero-order valence-corrected chi connectivity index (χ0v) is 9.52. The van der Waals surface area contributed by atoms with Gasteiger partial charge in [-0.25, -0.2) is 4.68 Å². The Morgan fingerprint density at radius 3 is 3.00 bits per heavy atom. The van der Waals surface area contributed by atoms with Gasteiger partial charge in [0.15, 0.2) is 0 Å². The maximum absolute atomic E-state index is 9.15. The van der Waals surface area contributed by atoms with Crippen LogP contribution in [-0.2, 0) is 6.54 Å². The molecular weight excluding hydrogens is 202 g/mol. The predicted octanol–water partition coefficient (Wildman–Crippen LogP) is 1.57. The van der Waals surface area contributed by atoms with E-state index in [1.807, 2.05) is 4.68 Å². The number of anilines is 1. The molecule has 1 aromatic heterocycles. The lowest BCUT2D eigenvalue weighted by atomic mass is 10.0. The number of nitrogens with zero attached hydrogens (tertiary/aromatic N) is 2. The van der Waals surface area contributed by atoms with E-state index in [-0.39, 0.29) is 6.61 Å². The van der Waals surface area contributed by atoms with Crippen molar-refractivity contribution < 1.29 is 5.11 Å². The van der Waals surface area contributed by atoms with Gasteiger partial charge in [-0.15, -0.1) is 0 Å². The smallest absolute Gasteiger partial charge is 0.124 e. The number of aromatic nitrogens is 2. The van der Waals surface area contributed by atoms with Crippen LogP contribution in [0.4, 0.5) is 5.82 Å². The van der Waals surface area contributed by atoms with Gasteiger partial charge in [-0.3, -0.25) is 0 Å². The maximum atomic E-state index is 9.15. The minimum atomic E-state index is 0.241. The SMILES string of the molecule is OCC1CNc2cc(C3CCCC3)nn2C1. The first-order valence-electron chi connectivity index (χ1n) is 6.29. The highest BCUT2D eigenvalue weighted by Crippen LogP contribution is 2.35. The summed E-state index contributed by atoms with van der Waals surface area (Å²) in [4.78, 5) is 0. The van der Waals surface area contributed by atoms with Gasteiger partial charge in [0.2, 0.25) is 0 Å². The van der Waals surface area contributed by atoms with E-state index in [0.29, 0.717) is 11.8 Å². The van der Waals surface area contributed by atoms with Crippen molar-refractivity contribution in [2.75, 3.05) is 18.5 Å². The fraction of sp³-hybridized carbons (Fsp3) is 0.750. The second-order valence-electron chi connectivity index (χ2n) is 5.05. The molecule has 4 nitrogen and oxygen atoms in total. The normalized spacial score (nSPS) is 25.4. The molecule has 0 saturated heterocycles. The molecule has 3 rings (SSSR count). The van der Waals surface area contributed by atoms with E-state index in [2.05, 4.69) is 16.5 Å². The Morgan fingerprint density at radius 2 is 2.25 bits per heavy atom. The van der Waals surface area contributed by atoms with Crippen molar-refractivity contribution in [2.45, 2.75) is 38.1 Å². The van der Waals surface area contributed by atoms with Gasteiger partial charge in [0.25, 0.3) is 0 Å². The molecule has 1 aromatic rings. The van der Waals surface area contributed by atoms with Crippen LogP contribution in [0, 0.1) is 5.92 Å². The molecule has 1 aliphatic heterocycles. The summed E-state index contributed by atoms with van der Waals surface area (Å²) in [5.41, 5.74) is 1.25. The lowest BCUT2D eigenvalue weighted by Gasteiger charge is -2.22. The van der Waals surface area contributed by atoms with Gasteiger partial charge in [0.05, 0.1) is 5.69 Å². The van der Waals surface area contributed by atoms with Crippen LogP contribution in [0.1, 0.15) is 37.3 Å². The molecule has 0 radical (unpaired) electrons. The van der Waals surface area contributed by atoms with E-state index in [9.17, 15) is 0 Å². The van der Waals surface area contributed by atoms with Gasteiger partial charge >= 0.3 is 0 Å². The van der Waals surface area contributed by atoms with Crippen molar-refractivity contribution in [3.8, 4) is 0 Å². The number of hydrogen-bond acceptors (Lipinski definition) is 3. The van der Waals surface area contributed by atoms with E-state index in [4.69, 9.17) is 5.11 Å². The Bertz CT molecular complexity index is 368. The monoisotopic (exact) mass is 221 g/mol. The molecule has 2 aliphatic rings. The van der Waals surface area contributed by atoms with Crippen molar-refractivity contribution in [2.24, 2.45) is 5.92 Å². The van der Waals surface area contributed by atoms with Gasteiger partial charge in [0, 0.05) is 37.6 Å². The van der Waals surface area contributed by atoms with Crippen molar-refractivity contribution in [1.29, 1.82) is 0 Å². The van der Waals surface area contributed by atoms with E-state index in [0.717, 1.165) is 18.9 Å². The van der Waals surface area contributed by atoms with Crippen LogP contribution in [0.5, 0.6) is 0 Å². The Balaban J connectivity index is 1.80. The zero-order chi connectivity index (χ0) is 11.0. The third-order valence-electron chi connectivity index (χ3n) is 3.83. The van der Waals surface area contributed by atoms with Gasteiger partial charge in [-0.2, -0.15) is 5.10 Å². The Morgan fingerprint density at radius 1 is 1.44 bits per heavy atom. The van der Waals surface area contributed by atoms with Crippen LogP contribution in [-0.4, -0.2) is 28.0 Å². The summed E-state index contributed by atoms with van der Waals surface area (Å²) in [5, 5.41) is 17.2. The molecule has 88 valence electrons. The lowest BCUT2D eigenvalue weighted by Crippen LogP contribution is -2.29. The van der Waals surface area contributed by atoms with E-state index >= 15 is 0 Å². The topological polar surface area (TPSA) is 50.1 Å². The lowest BCUT2D eigenvalue weighted by molar-refractivity contribution is 0.209. The third kappa shape index (κ3) is 1.71. The molecule has 0 aromatic carbocycles. The first-order valence-corrected chi connectivity index (χ1v) is 6.29. The fourth-order valence-corrected chi connectivity index (χ4v) is 2.82. The molecule has 1 atom stereocenters. The fourth-order valence-electron chi connectivity index (χ4n) is 2.82. The van der Waals surface area contributed by atoms with Crippen molar-refractivity contribution in [3.05, 3.63) is 11.8 Å². The molecule has 0 spiro atoms. The molecule has 1 saturated carbocycles. The number of nitrogens with one attached hydrogen (secondary N) is 1. The van der Waals surface area contributed by atoms with Gasteiger partial charge in [-0.1, -0.05) is 12.8 Å². The van der Waals surface area contributed by atoms with Crippen molar-refractivity contribution in [3.63, 3.8) is 0 Å². The number of fused-ring (bicyclic) bond motifs is 1. The highest BCUT2D eigenvalue weighted by molar-refractivity contribution is 5.39. The van der Waals surface area contributed by atoms with E-state index in [1.54, 1.807) is 0 Å². The van der Waals surface area contributed by atoms with Crippen LogP contribution < -0.4 is 5.32 Å². The summed E-state index contributed by atoms with van der Waals surface area (Å²) in [6.45, 7) is 1.96. The number of aliphatic hydroxyl groups excluding tert-OH is 1. The first kappa shape index (κ1) is 10.1. The minimum Gasteiger partial charge on any atom is -0.396 e. The summed E-state index contributed by atoms with van der Waals surface area (Å²) in [6.07, 6.45) is 5.28. The van der Waals surface area contributed by atoms with Crippen molar-refractivity contribution >= 4 is 5.82 Å². The van der Waals surface area contributed by atoms with Gasteiger partial charge in [-0.05, 0) is 12.8 Å². The summed E-state index contributed by atoms with van der Waals surface area (Å²) < 4.78 is 2.03. The second-order valence-corrected chi connectivity index (χ2v) is 5.05. The Hall–Kier alpha value is -1.03. The first-order chi connectivity index (χ1) is 7.86. The summed E-state index contributed by atoms with van der Waals surface area (Å²) in [7, 11) is 0. The Labute approximate surface area is 95.7 Å². The quantitative estimate of drug-likeness (QED) is 0.797. The second kappa shape index (κ2) is 4.09. The Kier molecular flexibility index (Phi) is 2.59. The standard InChI is InChI=1S/C12H19N3O/c16-8-9-6-13-12-5-11(14-15(12)7-9)10-3-1-2-4-10/h5,9-10,13,16H,1-4,6-8H2. The van der Waals surface area contributed by atoms with Crippen LogP contribution in [0.15, 0.2) is 6.07 Å². The molecule has 2 N–H and O–H groups in total. The molecule has 16 heavy (non-hydrogen) atoms. The maximum Gasteiger partial charge on any atom is 0.124 e. The van der Waals surface area contributed by atoms with Crippen LogP contribution >= 0.6 is 0 Å². The molecular formula is C12H19N3O.